The highest BCUT2D eigenvalue weighted by molar-refractivity contribution is 7.19. The second-order valence-corrected chi connectivity index (χ2v) is 4.94. The molecule has 0 atom stereocenters. The maximum atomic E-state index is 8.96. The zero-order valence-corrected chi connectivity index (χ0v) is 9.90. The van der Waals surface area contributed by atoms with Gasteiger partial charge in [0.1, 0.15) is 9.34 Å². The van der Waals surface area contributed by atoms with E-state index < -0.39 is 0 Å². The highest BCUT2D eigenvalue weighted by Crippen LogP contribution is 2.32. The molecule has 0 radical (unpaired) electrons. The second-order valence-electron chi connectivity index (χ2n) is 2.90. The van der Waals surface area contributed by atoms with Gasteiger partial charge in [0.05, 0.1) is 12.3 Å². The minimum atomic E-state index is -0.136. The van der Waals surface area contributed by atoms with Crippen LogP contribution in [0, 0.1) is 0 Å². The highest BCUT2D eigenvalue weighted by atomic mass is 35.5. The lowest BCUT2D eigenvalue weighted by Gasteiger charge is -1.95. The molecule has 78 valence electrons. The average molecular weight is 260 g/mol. The first kappa shape index (κ1) is 10.9. The molecule has 1 aromatic heterocycles. The molecule has 1 N–H and O–H groups in total. The Bertz CT molecular complexity index is 467. The minimum Gasteiger partial charge on any atom is -0.390 e. The van der Waals surface area contributed by atoms with Gasteiger partial charge in [-0.25, -0.2) is 4.98 Å². The van der Waals surface area contributed by atoms with Crippen LogP contribution in [0.5, 0.6) is 0 Å². The number of thiazole rings is 1. The van der Waals surface area contributed by atoms with Crippen LogP contribution in [0.1, 0.15) is 5.69 Å². The van der Waals surface area contributed by atoms with Crippen molar-refractivity contribution in [3.05, 3.63) is 39.3 Å². The fourth-order valence-corrected chi connectivity index (χ4v) is 2.40. The van der Waals surface area contributed by atoms with E-state index >= 15 is 0 Å². The summed E-state index contributed by atoms with van der Waals surface area (Å²) in [6.07, 6.45) is 0. The van der Waals surface area contributed by atoms with E-state index in [0.29, 0.717) is 15.1 Å². The van der Waals surface area contributed by atoms with Gasteiger partial charge in [-0.3, -0.25) is 0 Å². The van der Waals surface area contributed by atoms with Gasteiger partial charge in [-0.15, -0.1) is 11.3 Å². The first-order valence-electron chi connectivity index (χ1n) is 4.22. The molecule has 15 heavy (non-hydrogen) atoms. The quantitative estimate of drug-likeness (QED) is 0.894. The molecule has 0 aliphatic heterocycles. The van der Waals surface area contributed by atoms with Crippen molar-refractivity contribution in [3.8, 4) is 10.6 Å². The average Bonchev–Trinajstić information content (AvgIpc) is 2.61. The Morgan fingerprint density at radius 2 is 1.87 bits per heavy atom. The molecule has 5 heteroatoms. The molecule has 0 unspecified atom stereocenters. The summed E-state index contributed by atoms with van der Waals surface area (Å²) in [4.78, 5) is 4.22. The van der Waals surface area contributed by atoms with Crippen molar-refractivity contribution in [2.24, 2.45) is 0 Å². The normalized spacial score (nSPS) is 10.6. The third-order valence-corrected chi connectivity index (χ3v) is 3.53. The van der Waals surface area contributed by atoms with Crippen LogP contribution < -0.4 is 0 Å². The number of aliphatic hydroxyl groups is 1. The number of halogens is 2. The first-order valence-corrected chi connectivity index (χ1v) is 5.80. The van der Waals surface area contributed by atoms with E-state index in [0.717, 1.165) is 10.6 Å². The van der Waals surface area contributed by atoms with Crippen LogP contribution >= 0.6 is 34.5 Å². The minimum absolute atomic E-state index is 0.136. The standard InChI is InChI=1S/C10H7Cl2NOS/c11-7-3-1-6(2-4-7)10-13-8(5-14)9(12)15-10/h1-4,14H,5H2. The SMILES string of the molecule is OCc1nc(-c2ccc(Cl)cc2)sc1Cl. The number of hydrogen-bond acceptors (Lipinski definition) is 3. The molecule has 0 spiro atoms. The lowest BCUT2D eigenvalue weighted by atomic mass is 10.2. The van der Waals surface area contributed by atoms with E-state index in [1.807, 2.05) is 12.1 Å². The molecule has 0 bridgehead atoms. The summed E-state index contributed by atoms with van der Waals surface area (Å²) in [5.74, 6) is 0. The van der Waals surface area contributed by atoms with Crippen molar-refractivity contribution in [2.75, 3.05) is 0 Å². The third kappa shape index (κ3) is 2.32. The summed E-state index contributed by atoms with van der Waals surface area (Å²) in [5, 5.41) is 10.4. The first-order chi connectivity index (χ1) is 7.20. The number of rotatable bonds is 2. The molecule has 0 saturated carbocycles. The van der Waals surface area contributed by atoms with Crippen LogP contribution in [0.25, 0.3) is 10.6 Å². The van der Waals surface area contributed by atoms with Gasteiger partial charge >= 0.3 is 0 Å². The van der Waals surface area contributed by atoms with Crippen molar-refractivity contribution in [1.82, 2.24) is 4.98 Å². The van der Waals surface area contributed by atoms with Crippen LogP contribution in [0.2, 0.25) is 9.36 Å². The Kier molecular flexibility index (Phi) is 3.26. The molecule has 2 rings (SSSR count). The zero-order valence-electron chi connectivity index (χ0n) is 7.58. The van der Waals surface area contributed by atoms with Gasteiger partial charge in [0.2, 0.25) is 0 Å². The number of benzene rings is 1. The van der Waals surface area contributed by atoms with Crippen molar-refractivity contribution in [3.63, 3.8) is 0 Å². The molecule has 1 aromatic carbocycles. The number of hydrogen-bond donors (Lipinski definition) is 1. The molecule has 0 saturated heterocycles. The van der Waals surface area contributed by atoms with Crippen molar-refractivity contribution < 1.29 is 5.11 Å². The topological polar surface area (TPSA) is 33.1 Å². The fraction of sp³-hybridized carbons (Fsp3) is 0.100. The number of aromatic nitrogens is 1. The predicted molar refractivity (Wildman–Crippen MR) is 63.5 cm³/mol. The van der Waals surface area contributed by atoms with E-state index in [4.69, 9.17) is 28.3 Å². The molecule has 0 aliphatic carbocycles. The summed E-state index contributed by atoms with van der Waals surface area (Å²) in [5.41, 5.74) is 1.47. The summed E-state index contributed by atoms with van der Waals surface area (Å²) in [7, 11) is 0. The molecule has 2 nitrogen and oxygen atoms in total. The van der Waals surface area contributed by atoms with Gasteiger partial charge in [-0.2, -0.15) is 0 Å². The summed E-state index contributed by atoms with van der Waals surface area (Å²) in [6, 6.07) is 7.34. The molecule has 1 heterocycles. The lowest BCUT2D eigenvalue weighted by molar-refractivity contribution is 0.278. The molecule has 0 fully saturated rings. The Morgan fingerprint density at radius 3 is 2.40 bits per heavy atom. The van der Waals surface area contributed by atoms with Gasteiger partial charge in [0.25, 0.3) is 0 Å². The van der Waals surface area contributed by atoms with Crippen molar-refractivity contribution in [1.29, 1.82) is 0 Å². The smallest absolute Gasteiger partial charge is 0.125 e. The monoisotopic (exact) mass is 259 g/mol. The van der Waals surface area contributed by atoms with Crippen LogP contribution in [-0.2, 0) is 6.61 Å². The van der Waals surface area contributed by atoms with Crippen molar-refractivity contribution >= 4 is 34.5 Å². The van der Waals surface area contributed by atoms with E-state index in [1.165, 1.54) is 11.3 Å². The van der Waals surface area contributed by atoms with Crippen LogP contribution in [0.15, 0.2) is 24.3 Å². The Balaban J connectivity index is 2.41. The van der Waals surface area contributed by atoms with Crippen LogP contribution in [0.4, 0.5) is 0 Å². The van der Waals surface area contributed by atoms with E-state index in [-0.39, 0.29) is 6.61 Å². The van der Waals surface area contributed by atoms with Gasteiger partial charge in [-0.05, 0) is 12.1 Å². The predicted octanol–water partition coefficient (Wildman–Crippen LogP) is 3.61. The highest BCUT2D eigenvalue weighted by Gasteiger charge is 2.09. The Labute approximate surface area is 101 Å². The van der Waals surface area contributed by atoms with Crippen LogP contribution in [-0.4, -0.2) is 10.1 Å². The van der Waals surface area contributed by atoms with Gasteiger partial charge < -0.3 is 5.11 Å². The molecule has 0 amide bonds. The third-order valence-electron chi connectivity index (χ3n) is 1.89. The largest absolute Gasteiger partial charge is 0.390 e. The Hall–Kier alpha value is -0.610. The second kappa shape index (κ2) is 4.49. The number of nitrogens with zero attached hydrogens (tertiary/aromatic N) is 1. The Morgan fingerprint density at radius 1 is 1.20 bits per heavy atom. The maximum Gasteiger partial charge on any atom is 0.125 e. The van der Waals surface area contributed by atoms with Gasteiger partial charge in [0, 0.05) is 10.6 Å². The molecule has 0 aliphatic rings. The summed E-state index contributed by atoms with van der Waals surface area (Å²) >= 11 is 13.0. The van der Waals surface area contributed by atoms with Crippen molar-refractivity contribution in [2.45, 2.75) is 6.61 Å². The van der Waals surface area contributed by atoms with Gasteiger partial charge in [0.15, 0.2) is 0 Å². The van der Waals surface area contributed by atoms with Crippen LogP contribution in [0.3, 0.4) is 0 Å². The maximum absolute atomic E-state index is 8.96. The summed E-state index contributed by atoms with van der Waals surface area (Å²) < 4.78 is 0.530. The van der Waals surface area contributed by atoms with E-state index in [2.05, 4.69) is 4.98 Å². The molecular formula is C10H7Cl2NOS. The molecular weight excluding hydrogens is 253 g/mol. The summed E-state index contributed by atoms with van der Waals surface area (Å²) in [6.45, 7) is -0.136. The molecule has 2 aromatic rings. The lowest BCUT2D eigenvalue weighted by Crippen LogP contribution is -1.83. The van der Waals surface area contributed by atoms with E-state index in [9.17, 15) is 0 Å². The fourth-order valence-electron chi connectivity index (χ4n) is 1.15. The zero-order chi connectivity index (χ0) is 10.8. The van der Waals surface area contributed by atoms with Gasteiger partial charge in [-0.1, -0.05) is 35.3 Å². The number of aliphatic hydroxyl groups excluding tert-OH is 1. The van der Waals surface area contributed by atoms with E-state index in [1.54, 1.807) is 12.1 Å².